The lowest BCUT2D eigenvalue weighted by molar-refractivity contribution is -0.384. The molecule has 0 aliphatic rings. The summed E-state index contributed by atoms with van der Waals surface area (Å²) in [5, 5.41) is 25.4. The summed E-state index contributed by atoms with van der Waals surface area (Å²) in [6.45, 7) is -0.713. The summed E-state index contributed by atoms with van der Waals surface area (Å²) in [5.74, 6) is -0.567. The van der Waals surface area contributed by atoms with Crippen molar-refractivity contribution in [2.45, 2.75) is 0 Å². The summed E-state index contributed by atoms with van der Waals surface area (Å²) in [4.78, 5) is 35.3. The van der Waals surface area contributed by atoms with E-state index < -0.39 is 23.4 Å². The Kier molecular flexibility index (Phi) is 7.92. The van der Waals surface area contributed by atoms with Crippen molar-refractivity contribution in [3.8, 4) is 11.5 Å². The predicted octanol–water partition coefficient (Wildman–Crippen LogP) is 3.59. The van der Waals surface area contributed by atoms with Gasteiger partial charge in [-0.2, -0.15) is 0 Å². The third-order valence-electron chi connectivity index (χ3n) is 4.33. The minimum atomic E-state index is -0.928. The van der Waals surface area contributed by atoms with Crippen molar-refractivity contribution in [1.29, 1.82) is 0 Å². The maximum absolute atomic E-state index is 12.5. The van der Waals surface area contributed by atoms with Crippen LogP contribution in [0.4, 0.5) is 17.1 Å². The van der Waals surface area contributed by atoms with Gasteiger partial charge in [-0.1, -0.05) is 30.3 Å². The van der Waals surface area contributed by atoms with Crippen LogP contribution in [0, 0.1) is 10.1 Å². The normalized spacial score (nSPS) is 10.2. The molecule has 0 heterocycles. The van der Waals surface area contributed by atoms with Crippen LogP contribution >= 0.6 is 0 Å². The third kappa shape index (κ3) is 6.52. The standard InChI is InChI=1S/C23H21N3O7/c27-13-12-24-19-11-10-16(26(30)31)14-18(19)23(29)32-15-22(28)25-20-8-4-5-9-21(20)33-17-6-2-1-3-7-17/h1-11,14,24,27H,12-13,15H2,(H,25,28). The van der Waals surface area contributed by atoms with Gasteiger partial charge in [-0.15, -0.1) is 0 Å². The summed E-state index contributed by atoms with van der Waals surface area (Å²) in [7, 11) is 0. The van der Waals surface area contributed by atoms with Gasteiger partial charge in [0.2, 0.25) is 0 Å². The van der Waals surface area contributed by atoms with Gasteiger partial charge in [0.25, 0.3) is 11.6 Å². The van der Waals surface area contributed by atoms with Gasteiger partial charge in [0, 0.05) is 24.4 Å². The smallest absolute Gasteiger partial charge is 0.341 e. The molecule has 10 heteroatoms. The Hall–Kier alpha value is -4.44. The van der Waals surface area contributed by atoms with E-state index in [1.54, 1.807) is 36.4 Å². The zero-order chi connectivity index (χ0) is 23.6. The predicted molar refractivity (Wildman–Crippen MR) is 121 cm³/mol. The number of rotatable bonds is 10. The van der Waals surface area contributed by atoms with Gasteiger partial charge < -0.3 is 25.2 Å². The molecule has 0 fully saturated rings. The average Bonchev–Trinajstić information content (AvgIpc) is 2.83. The Morgan fingerprint density at radius 3 is 2.42 bits per heavy atom. The lowest BCUT2D eigenvalue weighted by Gasteiger charge is -2.13. The highest BCUT2D eigenvalue weighted by Gasteiger charge is 2.19. The summed E-state index contributed by atoms with van der Waals surface area (Å²) in [6.07, 6.45) is 0. The van der Waals surface area contributed by atoms with Crippen LogP contribution in [-0.2, 0) is 9.53 Å². The molecule has 10 nitrogen and oxygen atoms in total. The number of nitrogens with one attached hydrogen (secondary N) is 2. The first-order valence-corrected chi connectivity index (χ1v) is 9.90. The zero-order valence-electron chi connectivity index (χ0n) is 17.4. The Morgan fingerprint density at radius 1 is 0.970 bits per heavy atom. The number of aliphatic hydroxyl groups excluding tert-OH is 1. The number of hydrogen-bond acceptors (Lipinski definition) is 8. The van der Waals surface area contributed by atoms with Gasteiger partial charge in [0.05, 0.1) is 22.8 Å². The van der Waals surface area contributed by atoms with Crippen molar-refractivity contribution in [1.82, 2.24) is 0 Å². The van der Waals surface area contributed by atoms with E-state index in [9.17, 15) is 19.7 Å². The van der Waals surface area contributed by atoms with Crippen molar-refractivity contribution in [3.63, 3.8) is 0 Å². The quantitative estimate of drug-likeness (QED) is 0.241. The Balaban J connectivity index is 1.66. The fourth-order valence-corrected chi connectivity index (χ4v) is 2.83. The Bertz CT molecular complexity index is 1140. The lowest BCUT2D eigenvalue weighted by Crippen LogP contribution is -2.22. The number of hydrogen-bond donors (Lipinski definition) is 3. The van der Waals surface area contributed by atoms with E-state index in [0.29, 0.717) is 17.2 Å². The fourth-order valence-electron chi connectivity index (χ4n) is 2.83. The molecule has 0 aromatic heterocycles. The summed E-state index contributed by atoms with van der Waals surface area (Å²) in [6, 6.07) is 19.4. The van der Waals surface area contributed by atoms with Crippen LogP contribution in [0.15, 0.2) is 72.8 Å². The Morgan fingerprint density at radius 2 is 1.70 bits per heavy atom. The molecule has 3 N–H and O–H groups in total. The molecule has 0 saturated carbocycles. The molecular weight excluding hydrogens is 430 g/mol. The molecule has 0 atom stereocenters. The van der Waals surface area contributed by atoms with Gasteiger partial charge in [0.1, 0.15) is 5.75 Å². The molecule has 0 unspecified atom stereocenters. The summed E-state index contributed by atoms with van der Waals surface area (Å²) in [5.41, 5.74) is 0.177. The molecule has 33 heavy (non-hydrogen) atoms. The van der Waals surface area contributed by atoms with E-state index in [0.717, 1.165) is 6.07 Å². The van der Waals surface area contributed by atoms with E-state index in [1.165, 1.54) is 12.1 Å². The molecule has 0 spiro atoms. The molecule has 0 bridgehead atoms. The second kappa shape index (κ2) is 11.3. The van der Waals surface area contributed by atoms with Crippen molar-refractivity contribution < 1.29 is 29.1 Å². The number of ether oxygens (including phenoxy) is 2. The second-order valence-electron chi connectivity index (χ2n) is 6.67. The number of nitro groups is 1. The Labute approximate surface area is 188 Å². The molecule has 0 saturated heterocycles. The number of aliphatic hydroxyl groups is 1. The highest BCUT2D eigenvalue weighted by Crippen LogP contribution is 2.29. The highest BCUT2D eigenvalue weighted by atomic mass is 16.6. The molecule has 0 aliphatic heterocycles. The number of carbonyl (C=O) groups is 2. The van der Waals surface area contributed by atoms with Crippen LogP contribution in [-0.4, -0.2) is 41.7 Å². The molecule has 3 aromatic carbocycles. The van der Waals surface area contributed by atoms with Crippen molar-refractivity contribution in [2.24, 2.45) is 0 Å². The van der Waals surface area contributed by atoms with E-state index >= 15 is 0 Å². The number of para-hydroxylation sites is 3. The van der Waals surface area contributed by atoms with E-state index in [2.05, 4.69) is 10.6 Å². The third-order valence-corrected chi connectivity index (χ3v) is 4.33. The van der Waals surface area contributed by atoms with E-state index in [1.807, 2.05) is 18.2 Å². The number of anilines is 2. The molecule has 3 rings (SSSR count). The first kappa shape index (κ1) is 23.2. The maximum atomic E-state index is 12.5. The number of esters is 1. The minimum absolute atomic E-state index is 0.122. The second-order valence-corrected chi connectivity index (χ2v) is 6.67. The van der Waals surface area contributed by atoms with Crippen molar-refractivity contribution in [2.75, 3.05) is 30.4 Å². The molecule has 170 valence electrons. The van der Waals surface area contributed by atoms with Gasteiger partial charge >= 0.3 is 5.97 Å². The topological polar surface area (TPSA) is 140 Å². The van der Waals surface area contributed by atoms with Crippen LogP contribution in [0.2, 0.25) is 0 Å². The van der Waals surface area contributed by atoms with Crippen molar-refractivity contribution >= 4 is 28.9 Å². The number of non-ortho nitro benzene ring substituents is 1. The fraction of sp³-hybridized carbons (Fsp3) is 0.130. The highest BCUT2D eigenvalue weighted by molar-refractivity contribution is 5.99. The first-order chi connectivity index (χ1) is 16.0. The number of amides is 1. The minimum Gasteiger partial charge on any atom is -0.455 e. The van der Waals surface area contributed by atoms with Gasteiger partial charge in [-0.05, 0) is 30.3 Å². The monoisotopic (exact) mass is 451 g/mol. The van der Waals surface area contributed by atoms with Crippen LogP contribution in [0.1, 0.15) is 10.4 Å². The number of carbonyl (C=O) groups excluding carboxylic acids is 2. The molecule has 0 radical (unpaired) electrons. The summed E-state index contributed by atoms with van der Waals surface area (Å²) >= 11 is 0. The largest absolute Gasteiger partial charge is 0.455 e. The number of benzene rings is 3. The van der Waals surface area contributed by atoms with E-state index in [-0.39, 0.29) is 30.1 Å². The van der Waals surface area contributed by atoms with Crippen molar-refractivity contribution in [3.05, 3.63) is 88.5 Å². The van der Waals surface area contributed by atoms with Crippen LogP contribution in [0.3, 0.4) is 0 Å². The molecule has 0 aliphatic carbocycles. The van der Waals surface area contributed by atoms with Gasteiger partial charge in [0.15, 0.2) is 12.4 Å². The number of nitrogens with zero attached hydrogens (tertiary/aromatic N) is 1. The van der Waals surface area contributed by atoms with Crippen LogP contribution in [0.25, 0.3) is 0 Å². The summed E-state index contributed by atoms with van der Waals surface area (Å²) < 4.78 is 10.8. The first-order valence-electron chi connectivity index (χ1n) is 9.90. The zero-order valence-corrected chi connectivity index (χ0v) is 17.4. The molecule has 1 amide bonds. The lowest BCUT2D eigenvalue weighted by atomic mass is 10.1. The average molecular weight is 451 g/mol. The van der Waals surface area contributed by atoms with Crippen LogP contribution < -0.4 is 15.4 Å². The SMILES string of the molecule is O=C(COC(=O)c1cc([N+](=O)[O-])ccc1NCCO)Nc1ccccc1Oc1ccccc1. The van der Waals surface area contributed by atoms with E-state index in [4.69, 9.17) is 14.6 Å². The van der Waals surface area contributed by atoms with Crippen LogP contribution in [0.5, 0.6) is 11.5 Å². The number of nitro benzene ring substituents is 1. The molecular formula is C23H21N3O7. The van der Waals surface area contributed by atoms with Gasteiger partial charge in [-0.3, -0.25) is 14.9 Å². The molecule has 3 aromatic rings. The maximum Gasteiger partial charge on any atom is 0.341 e. The van der Waals surface area contributed by atoms with Gasteiger partial charge in [-0.25, -0.2) is 4.79 Å².